The van der Waals surface area contributed by atoms with E-state index in [0.29, 0.717) is 37.1 Å². The Labute approximate surface area is 856 Å². The van der Waals surface area contributed by atoms with Crippen LogP contribution >= 0.6 is 0 Å². The van der Waals surface area contributed by atoms with Crippen LogP contribution < -0.4 is 22.6 Å². The van der Waals surface area contributed by atoms with E-state index in [1.54, 1.807) is 86.0 Å². The van der Waals surface area contributed by atoms with Gasteiger partial charge in [-0.05, 0) is 155 Å². The standard InChI is InChI=1S/2C20H23NO4.C14H13NO3.2C13H17NO7S.2C12H15NO5/c2*1-14-10-17(25-13-15-8-6-5-7-9-15)18(21-12-14)16(22)11-20(2,3)19(23)24-4;1-10-7-12(13(14(16)17)15-8-10)18-9-11-5-3-2-4-6-11;2*1-13(2,12(17)20-3)6-10(16)11-9(15)5-8(7-14-11)21-22(4,18)19;2*1-12(2,11(17)18-3)5-9(16)10-8(15)4-7(14)6-13-10/h2*5-10,12H,11,13H2,1-4H3;2-8H,9H2,1H3,(H,16,17);2*5,7,15H,6H2,1-4H3;2*4,6,14-15H,5H2,1-3H3. The molecule has 0 spiro atoms. The number of rotatable bonds is 38. The van der Waals surface area contributed by atoms with Crippen LogP contribution in [0.15, 0.2) is 177 Å². The van der Waals surface area contributed by atoms with Gasteiger partial charge in [-0.15, -0.1) is 0 Å². The number of ether oxygens (including phenoxy) is 9. The van der Waals surface area contributed by atoms with Gasteiger partial charge in [0.05, 0.1) is 112 Å². The molecule has 0 radical (unpaired) electrons. The zero-order valence-corrected chi connectivity index (χ0v) is 87.7. The Hall–Kier alpha value is -16.3. The molecule has 42 nitrogen and oxygen atoms in total. The van der Waals surface area contributed by atoms with Gasteiger partial charge in [0.15, 0.2) is 57.6 Å². The average Bonchev–Trinajstić information content (AvgIpc) is 0.837. The van der Waals surface area contributed by atoms with Gasteiger partial charge in [-0.1, -0.05) is 91.0 Å². The second-order valence-electron chi connectivity index (χ2n) is 36.8. The number of methoxy groups -OCH3 is 6. The van der Waals surface area contributed by atoms with E-state index in [2.05, 4.69) is 62.2 Å². The van der Waals surface area contributed by atoms with Crippen LogP contribution in [0.25, 0.3) is 0 Å². The third kappa shape index (κ3) is 40.7. The zero-order valence-electron chi connectivity index (χ0n) is 86.1. The Balaban J connectivity index is 0.000000361. The van der Waals surface area contributed by atoms with Crippen LogP contribution in [-0.2, 0) is 97.2 Å². The summed E-state index contributed by atoms with van der Waals surface area (Å²) in [6, 6.07) is 38.2. The monoisotopic (exact) mass is 2090 g/mol. The summed E-state index contributed by atoms with van der Waals surface area (Å²) in [6.45, 7) is 25.7. The van der Waals surface area contributed by atoms with E-state index in [9.17, 15) is 99.6 Å². The summed E-state index contributed by atoms with van der Waals surface area (Å²) in [4.78, 5) is 181. The molecule has 7 heterocycles. The number of esters is 6. The van der Waals surface area contributed by atoms with E-state index in [-0.39, 0.29) is 113 Å². The van der Waals surface area contributed by atoms with Crippen molar-refractivity contribution < 1.29 is 166 Å². The second-order valence-corrected chi connectivity index (χ2v) is 40.0. The van der Waals surface area contributed by atoms with Crippen molar-refractivity contribution in [2.75, 3.05) is 55.2 Å². The van der Waals surface area contributed by atoms with E-state index in [1.807, 2.05) is 112 Å². The molecule has 7 aromatic heterocycles. The maximum absolute atomic E-state index is 12.7. The Morgan fingerprint density at radius 1 is 0.277 bits per heavy atom. The number of pyridine rings is 7. The van der Waals surface area contributed by atoms with Crippen LogP contribution in [0.2, 0.25) is 0 Å². The van der Waals surface area contributed by atoms with Crippen LogP contribution in [0.4, 0.5) is 0 Å². The molecule has 148 heavy (non-hydrogen) atoms. The summed E-state index contributed by atoms with van der Waals surface area (Å²) in [5, 5.41) is 65.7. The number of carbonyl (C=O) groups excluding carboxylic acids is 12. The lowest BCUT2D eigenvalue weighted by Gasteiger charge is -2.20. The molecular weight excluding hydrogens is 1970 g/mol. The number of hydrogen-bond donors (Lipinski definition) is 7. The topological polar surface area (TPSA) is 624 Å². The molecule has 7 N–H and O–H groups in total. The highest BCUT2D eigenvalue weighted by Crippen LogP contribution is 2.37. The summed E-state index contributed by atoms with van der Waals surface area (Å²) in [7, 11) is -0.00855. The first-order chi connectivity index (χ1) is 68.8. The molecule has 0 bridgehead atoms. The molecule has 0 aliphatic rings. The Morgan fingerprint density at radius 2 is 0.473 bits per heavy atom. The van der Waals surface area contributed by atoms with E-state index in [1.165, 1.54) is 76.6 Å². The number of aromatic hydroxyl groups is 6. The third-order valence-electron chi connectivity index (χ3n) is 20.4. The predicted molar refractivity (Wildman–Crippen MR) is 533 cm³/mol. The molecule has 0 saturated carbocycles. The maximum Gasteiger partial charge on any atom is 0.358 e. The van der Waals surface area contributed by atoms with Crippen molar-refractivity contribution in [1.82, 2.24) is 34.9 Å². The van der Waals surface area contributed by atoms with Gasteiger partial charge in [0, 0.05) is 81.4 Å². The molecule has 796 valence electrons. The number of ketones is 6. The Kier molecular flexibility index (Phi) is 46.7. The first-order valence-corrected chi connectivity index (χ1v) is 48.2. The molecule has 0 aliphatic carbocycles. The average molecular weight is 2100 g/mol. The number of Topliss-reactive ketones (excluding diaryl/α,β-unsaturated/α-hetero) is 6. The van der Waals surface area contributed by atoms with Crippen LogP contribution in [-0.4, -0.2) is 219 Å². The van der Waals surface area contributed by atoms with Gasteiger partial charge in [-0.3, -0.25) is 57.5 Å². The van der Waals surface area contributed by atoms with Crippen molar-refractivity contribution in [3.05, 3.63) is 250 Å². The number of carboxylic acids is 1. The van der Waals surface area contributed by atoms with Crippen LogP contribution in [0.3, 0.4) is 0 Å². The molecule has 0 atom stereocenters. The highest BCUT2D eigenvalue weighted by molar-refractivity contribution is 7.86. The lowest BCUT2D eigenvalue weighted by atomic mass is 9.86. The molecule has 0 aliphatic heterocycles. The summed E-state index contributed by atoms with van der Waals surface area (Å²) in [6.07, 6.45) is 9.77. The minimum absolute atomic E-state index is 0.00255. The first kappa shape index (κ1) is 124. The molecule has 0 saturated heterocycles. The molecular formula is C104H123N7O35S2. The minimum atomic E-state index is -3.77. The fourth-order valence-electron chi connectivity index (χ4n) is 12.8. The van der Waals surface area contributed by atoms with Crippen molar-refractivity contribution in [3.8, 4) is 63.2 Å². The highest BCUT2D eigenvalue weighted by atomic mass is 32.2. The van der Waals surface area contributed by atoms with Crippen molar-refractivity contribution in [2.24, 2.45) is 32.5 Å². The lowest BCUT2D eigenvalue weighted by Crippen LogP contribution is -2.29. The fourth-order valence-corrected chi connectivity index (χ4v) is 13.7. The Morgan fingerprint density at radius 3 is 0.676 bits per heavy atom. The van der Waals surface area contributed by atoms with E-state index < -0.39 is 141 Å². The van der Waals surface area contributed by atoms with Crippen molar-refractivity contribution >= 4 is 96.7 Å². The van der Waals surface area contributed by atoms with Gasteiger partial charge < -0.3 is 86.7 Å². The van der Waals surface area contributed by atoms with Crippen LogP contribution in [0.1, 0.15) is 228 Å². The molecule has 0 fully saturated rings. The molecule has 0 amide bonds. The number of carboxylic acid groups (broad SMARTS) is 1. The van der Waals surface area contributed by atoms with E-state index in [0.717, 1.165) is 94.9 Å². The number of aromatic carboxylic acids is 1. The number of benzene rings is 3. The van der Waals surface area contributed by atoms with Gasteiger partial charge in [-0.25, -0.2) is 39.7 Å². The minimum Gasteiger partial charge on any atom is -0.506 e. The number of aromatic nitrogens is 7. The van der Waals surface area contributed by atoms with Gasteiger partial charge in [0.25, 0.3) is 0 Å². The fraction of sp³-hybridized carbons (Fsp3) is 0.365. The third-order valence-corrected chi connectivity index (χ3v) is 21.4. The number of hydrogen-bond acceptors (Lipinski definition) is 41. The molecule has 10 rings (SSSR count). The first-order valence-electron chi connectivity index (χ1n) is 44.6. The second kappa shape index (κ2) is 55.7. The highest BCUT2D eigenvalue weighted by Gasteiger charge is 2.40. The van der Waals surface area contributed by atoms with Crippen molar-refractivity contribution in [1.29, 1.82) is 0 Å². The smallest absolute Gasteiger partial charge is 0.358 e. The van der Waals surface area contributed by atoms with Gasteiger partial charge in [0.2, 0.25) is 0 Å². The zero-order chi connectivity index (χ0) is 112. The Bertz CT molecular complexity index is 6270. The molecule has 0 unspecified atom stereocenters. The van der Waals surface area contributed by atoms with Gasteiger partial charge >= 0.3 is 62.0 Å². The molecule has 44 heteroatoms. The van der Waals surface area contributed by atoms with Crippen molar-refractivity contribution in [2.45, 2.75) is 162 Å². The van der Waals surface area contributed by atoms with E-state index >= 15 is 0 Å². The molecule has 3 aromatic carbocycles. The van der Waals surface area contributed by atoms with E-state index in [4.69, 9.17) is 39.0 Å². The summed E-state index contributed by atoms with van der Waals surface area (Å²) < 4.78 is 98.0. The van der Waals surface area contributed by atoms with Gasteiger partial charge in [-0.2, -0.15) is 16.8 Å². The van der Waals surface area contributed by atoms with Gasteiger partial charge in [0.1, 0.15) is 100.0 Å². The quantitative estimate of drug-likeness (QED) is 0.00818. The molecule has 10 aromatic rings. The van der Waals surface area contributed by atoms with Crippen LogP contribution in [0.5, 0.6) is 63.2 Å². The normalized spacial score (nSPS) is 11.2. The maximum atomic E-state index is 12.7. The predicted octanol–water partition coefficient (Wildman–Crippen LogP) is 14.5. The number of aryl methyl sites for hydroxylation is 3. The summed E-state index contributed by atoms with van der Waals surface area (Å²) >= 11 is 0. The van der Waals surface area contributed by atoms with Crippen LogP contribution in [0, 0.1) is 53.3 Å². The summed E-state index contributed by atoms with van der Waals surface area (Å²) in [5.41, 5.74) is -0.880. The lowest BCUT2D eigenvalue weighted by molar-refractivity contribution is -0.151. The largest absolute Gasteiger partial charge is 0.506 e. The SMILES string of the molecule is COC(=O)C(C)(C)CC(=O)c1ncc(C)cc1OCc1ccccc1.COC(=O)C(C)(C)CC(=O)c1ncc(C)cc1OCc1ccccc1.COC(=O)C(C)(C)CC(=O)c1ncc(O)cc1O.COC(=O)C(C)(C)CC(=O)c1ncc(O)cc1O.COC(=O)C(C)(C)CC(=O)c1ncc(OS(C)(=O)=O)cc1O.COC(=O)C(C)(C)CC(=O)c1ncc(OS(C)(=O)=O)cc1O.Cc1cnc(C(=O)O)c(OCc2ccccc2)c1. The number of nitrogens with zero attached hydrogens (tertiary/aromatic N) is 7. The van der Waals surface area contributed by atoms with Crippen molar-refractivity contribution in [3.63, 3.8) is 0 Å². The summed E-state index contributed by atoms with van der Waals surface area (Å²) in [5.74, 6) is -8.47. The number of carbonyl (C=O) groups is 13.